The normalized spacial score (nSPS) is 11.7. The van der Waals surface area contributed by atoms with Gasteiger partial charge in [-0.1, -0.05) is 35.6 Å². The molecule has 7 heteroatoms. The molecule has 0 amide bonds. The zero-order valence-electron chi connectivity index (χ0n) is 15.8. The van der Waals surface area contributed by atoms with Gasteiger partial charge in [-0.2, -0.15) is 0 Å². The first-order valence-electron chi connectivity index (χ1n) is 8.76. The third kappa shape index (κ3) is 5.79. The van der Waals surface area contributed by atoms with E-state index in [1.807, 2.05) is 22.8 Å². The standard InChI is InChI=1S/C19H26BrNO4Si/c1-5-25-19(23)11-18(22)16-12-21(13-24-8-9-26(2,3)4)17-7-6-14(20)10-15(16)17/h6-7,10,12H,5,8-9,11,13H2,1-4H3. The Balaban J connectivity index is 2.20. The van der Waals surface area contributed by atoms with Gasteiger partial charge in [0.15, 0.2) is 5.78 Å². The first-order chi connectivity index (χ1) is 12.2. The predicted octanol–water partition coefficient (Wildman–Crippen LogP) is 4.85. The van der Waals surface area contributed by atoms with E-state index in [4.69, 9.17) is 9.47 Å². The maximum atomic E-state index is 12.6. The minimum Gasteiger partial charge on any atom is -0.466 e. The van der Waals surface area contributed by atoms with Crippen LogP contribution >= 0.6 is 15.9 Å². The number of carbonyl (C=O) groups excluding carboxylic acids is 2. The molecule has 5 nitrogen and oxygen atoms in total. The van der Waals surface area contributed by atoms with Crippen molar-refractivity contribution in [3.8, 4) is 0 Å². The molecule has 0 atom stereocenters. The van der Waals surface area contributed by atoms with Gasteiger partial charge in [-0.15, -0.1) is 0 Å². The summed E-state index contributed by atoms with van der Waals surface area (Å²) in [6, 6.07) is 6.86. The molecule has 0 aliphatic carbocycles. The molecule has 0 saturated carbocycles. The van der Waals surface area contributed by atoms with Crippen molar-refractivity contribution < 1.29 is 19.1 Å². The summed E-state index contributed by atoms with van der Waals surface area (Å²) in [6.07, 6.45) is 1.52. The minimum atomic E-state index is -1.14. The SMILES string of the molecule is CCOC(=O)CC(=O)c1cn(COCC[Si](C)(C)C)c2ccc(Br)cc12. The highest BCUT2D eigenvalue weighted by atomic mass is 79.9. The van der Waals surface area contributed by atoms with Gasteiger partial charge in [0.25, 0.3) is 0 Å². The number of ketones is 1. The summed E-state index contributed by atoms with van der Waals surface area (Å²) in [7, 11) is -1.14. The summed E-state index contributed by atoms with van der Waals surface area (Å²) in [4.78, 5) is 24.2. The number of esters is 1. The lowest BCUT2D eigenvalue weighted by atomic mass is 10.1. The van der Waals surface area contributed by atoms with Crippen LogP contribution in [0, 0.1) is 0 Å². The van der Waals surface area contributed by atoms with Crippen molar-refractivity contribution in [3.05, 3.63) is 34.4 Å². The zero-order valence-corrected chi connectivity index (χ0v) is 18.4. The van der Waals surface area contributed by atoms with Crippen molar-refractivity contribution in [3.63, 3.8) is 0 Å². The van der Waals surface area contributed by atoms with E-state index in [0.29, 0.717) is 18.9 Å². The molecule has 0 N–H and O–H groups in total. The van der Waals surface area contributed by atoms with Crippen molar-refractivity contribution in [1.29, 1.82) is 0 Å². The molecule has 26 heavy (non-hydrogen) atoms. The Hall–Kier alpha value is -1.44. The monoisotopic (exact) mass is 439 g/mol. The fourth-order valence-electron chi connectivity index (χ4n) is 2.58. The first-order valence-corrected chi connectivity index (χ1v) is 13.3. The molecule has 0 bridgehead atoms. The van der Waals surface area contributed by atoms with E-state index in [1.165, 1.54) is 0 Å². The molecule has 0 saturated heterocycles. The van der Waals surface area contributed by atoms with Gasteiger partial charge in [0, 0.05) is 36.3 Å². The largest absolute Gasteiger partial charge is 0.466 e. The van der Waals surface area contributed by atoms with Crippen molar-refractivity contribution in [2.45, 2.75) is 45.8 Å². The third-order valence-electron chi connectivity index (χ3n) is 3.98. The summed E-state index contributed by atoms with van der Waals surface area (Å²) >= 11 is 3.45. The lowest BCUT2D eigenvalue weighted by Crippen LogP contribution is -2.21. The maximum absolute atomic E-state index is 12.6. The van der Waals surface area contributed by atoms with Gasteiger partial charge in [0.05, 0.1) is 12.1 Å². The average molecular weight is 440 g/mol. The quantitative estimate of drug-likeness (QED) is 0.184. The molecule has 0 radical (unpaired) electrons. The second-order valence-electron chi connectivity index (χ2n) is 7.43. The van der Waals surface area contributed by atoms with E-state index in [-0.39, 0.29) is 18.8 Å². The number of fused-ring (bicyclic) bond motifs is 1. The number of ether oxygens (including phenoxy) is 2. The predicted molar refractivity (Wildman–Crippen MR) is 109 cm³/mol. The van der Waals surface area contributed by atoms with Crippen molar-refractivity contribution in [1.82, 2.24) is 4.57 Å². The van der Waals surface area contributed by atoms with E-state index in [0.717, 1.165) is 21.4 Å². The van der Waals surface area contributed by atoms with Crippen LogP contribution in [-0.4, -0.2) is 37.6 Å². The highest BCUT2D eigenvalue weighted by Gasteiger charge is 2.19. The molecular formula is C19H26BrNO4Si. The number of rotatable bonds is 9. The Morgan fingerprint density at radius 3 is 2.62 bits per heavy atom. The average Bonchev–Trinajstić information content (AvgIpc) is 2.88. The van der Waals surface area contributed by atoms with Crippen LogP contribution in [0.5, 0.6) is 0 Å². The highest BCUT2D eigenvalue weighted by Crippen LogP contribution is 2.26. The summed E-state index contributed by atoms with van der Waals surface area (Å²) in [5.41, 5.74) is 1.43. The van der Waals surface area contributed by atoms with Crippen LogP contribution in [0.4, 0.5) is 0 Å². The molecule has 0 fully saturated rings. The third-order valence-corrected chi connectivity index (χ3v) is 6.18. The molecule has 1 aromatic carbocycles. The van der Waals surface area contributed by atoms with Crippen LogP contribution in [0.2, 0.25) is 25.7 Å². The first kappa shape index (κ1) is 20.9. The number of carbonyl (C=O) groups is 2. The molecule has 0 aliphatic heterocycles. The number of hydrogen-bond acceptors (Lipinski definition) is 4. The molecule has 0 aliphatic rings. The van der Waals surface area contributed by atoms with Crippen LogP contribution < -0.4 is 0 Å². The maximum Gasteiger partial charge on any atom is 0.313 e. The fourth-order valence-corrected chi connectivity index (χ4v) is 3.70. The Morgan fingerprint density at radius 1 is 1.23 bits per heavy atom. The topological polar surface area (TPSA) is 57.5 Å². The van der Waals surface area contributed by atoms with Gasteiger partial charge in [0.2, 0.25) is 0 Å². The van der Waals surface area contributed by atoms with Gasteiger partial charge in [-0.05, 0) is 31.2 Å². The molecule has 1 heterocycles. The smallest absolute Gasteiger partial charge is 0.313 e. The number of hydrogen-bond donors (Lipinski definition) is 0. The van der Waals surface area contributed by atoms with Crippen molar-refractivity contribution in [2.75, 3.05) is 13.2 Å². The molecule has 0 spiro atoms. The molecule has 1 aromatic heterocycles. The second kappa shape index (κ2) is 8.97. The molecule has 142 valence electrons. The number of Topliss-reactive ketones (excluding diaryl/α,β-unsaturated/α-hetero) is 1. The fraction of sp³-hybridized carbons (Fsp3) is 0.474. The van der Waals surface area contributed by atoms with Gasteiger partial charge in [-0.3, -0.25) is 9.59 Å². The van der Waals surface area contributed by atoms with E-state index < -0.39 is 14.0 Å². The highest BCUT2D eigenvalue weighted by molar-refractivity contribution is 9.10. The summed E-state index contributed by atoms with van der Waals surface area (Å²) in [5, 5.41) is 0.808. The Bertz CT molecular complexity index is 795. The Morgan fingerprint density at radius 2 is 1.96 bits per heavy atom. The van der Waals surface area contributed by atoms with Crippen molar-refractivity contribution in [2.24, 2.45) is 0 Å². The molecule has 2 rings (SSSR count). The van der Waals surface area contributed by atoms with E-state index in [2.05, 4.69) is 35.6 Å². The number of halogens is 1. The van der Waals surface area contributed by atoms with E-state index >= 15 is 0 Å². The van der Waals surface area contributed by atoms with Crippen LogP contribution in [0.3, 0.4) is 0 Å². The van der Waals surface area contributed by atoms with Crippen molar-refractivity contribution >= 4 is 46.7 Å². The molecule has 0 unspecified atom stereocenters. The summed E-state index contributed by atoms with van der Waals surface area (Å²) < 4.78 is 13.5. The lowest BCUT2D eigenvalue weighted by Gasteiger charge is -2.15. The van der Waals surface area contributed by atoms with Crippen LogP contribution in [0.15, 0.2) is 28.9 Å². The zero-order chi connectivity index (χ0) is 19.3. The van der Waals surface area contributed by atoms with E-state index in [9.17, 15) is 9.59 Å². The number of benzene rings is 1. The summed E-state index contributed by atoms with van der Waals surface area (Å²) in [5.74, 6) is -0.743. The van der Waals surface area contributed by atoms with Gasteiger partial charge < -0.3 is 14.0 Å². The van der Waals surface area contributed by atoms with Gasteiger partial charge >= 0.3 is 5.97 Å². The Labute approximate surface area is 163 Å². The second-order valence-corrected chi connectivity index (χ2v) is 14.0. The van der Waals surface area contributed by atoms with E-state index in [1.54, 1.807) is 13.1 Å². The van der Waals surface area contributed by atoms with Crippen LogP contribution in [-0.2, 0) is 21.0 Å². The molecular weight excluding hydrogens is 414 g/mol. The number of aromatic nitrogens is 1. The summed E-state index contributed by atoms with van der Waals surface area (Å²) in [6.45, 7) is 10.0. The minimum absolute atomic E-state index is 0.243. The number of nitrogens with zero attached hydrogens (tertiary/aromatic N) is 1. The van der Waals surface area contributed by atoms with Crippen LogP contribution in [0.1, 0.15) is 23.7 Å². The Kier molecular flexibility index (Phi) is 7.20. The molecule has 2 aromatic rings. The van der Waals surface area contributed by atoms with Crippen LogP contribution in [0.25, 0.3) is 10.9 Å². The van der Waals surface area contributed by atoms with Gasteiger partial charge in [0.1, 0.15) is 13.2 Å². The van der Waals surface area contributed by atoms with Gasteiger partial charge in [-0.25, -0.2) is 0 Å². The lowest BCUT2D eigenvalue weighted by molar-refractivity contribution is -0.141.